The SMILES string of the molecule is CCOC(=O)c1cc2cc3c(c(C(=O)c4ccc(OC)cc4)n2c1)C(=O)c1ccccc1C3=O. The van der Waals surface area contributed by atoms with E-state index in [1.165, 1.54) is 17.7 Å². The van der Waals surface area contributed by atoms with E-state index in [1.807, 2.05) is 0 Å². The second kappa shape index (κ2) is 8.12. The van der Waals surface area contributed by atoms with Gasteiger partial charge in [-0.05, 0) is 43.3 Å². The molecule has 0 fully saturated rings. The zero-order valence-corrected chi connectivity index (χ0v) is 18.5. The number of esters is 1. The molecule has 2 aromatic heterocycles. The van der Waals surface area contributed by atoms with Crippen molar-refractivity contribution in [3.8, 4) is 5.75 Å². The van der Waals surface area contributed by atoms with Crippen LogP contribution in [0, 0.1) is 0 Å². The molecule has 0 radical (unpaired) electrons. The molecule has 2 aromatic carbocycles. The van der Waals surface area contributed by atoms with Gasteiger partial charge in [0.1, 0.15) is 11.4 Å². The lowest BCUT2D eigenvalue weighted by Gasteiger charge is -2.21. The van der Waals surface area contributed by atoms with Crippen molar-refractivity contribution < 1.29 is 28.7 Å². The smallest absolute Gasteiger partial charge is 0.339 e. The van der Waals surface area contributed by atoms with Crippen LogP contribution in [0.1, 0.15) is 65.2 Å². The number of carbonyl (C=O) groups is 4. The molecule has 1 aliphatic rings. The molecule has 0 aliphatic heterocycles. The average Bonchev–Trinajstić information content (AvgIpc) is 3.30. The van der Waals surface area contributed by atoms with Crippen LogP contribution in [0.15, 0.2) is 66.9 Å². The fraction of sp³-hybridized carbons (Fsp3) is 0.111. The van der Waals surface area contributed by atoms with Crippen molar-refractivity contribution in [2.24, 2.45) is 0 Å². The van der Waals surface area contributed by atoms with Gasteiger partial charge in [-0.3, -0.25) is 14.4 Å². The third-order valence-corrected chi connectivity index (χ3v) is 5.86. The number of ketones is 3. The summed E-state index contributed by atoms with van der Waals surface area (Å²) in [5.41, 5.74) is 1.63. The van der Waals surface area contributed by atoms with Gasteiger partial charge in [0.05, 0.1) is 24.8 Å². The standard InChI is InChI=1S/C27H19NO6/c1-3-34-27(32)16-12-17-13-21-22(26(31)20-7-5-4-6-19(20)25(21)30)23(28(17)14-16)24(29)15-8-10-18(33-2)11-9-15/h4-14H,3H2,1-2H3. The first kappa shape index (κ1) is 21.3. The zero-order chi connectivity index (χ0) is 24.0. The molecule has 0 saturated heterocycles. The first-order valence-electron chi connectivity index (χ1n) is 10.7. The fourth-order valence-corrected chi connectivity index (χ4v) is 4.25. The number of hydrogen-bond donors (Lipinski definition) is 0. The molecule has 0 saturated carbocycles. The van der Waals surface area contributed by atoms with Crippen LogP contribution < -0.4 is 4.74 Å². The summed E-state index contributed by atoms with van der Waals surface area (Å²) in [5, 5.41) is 0. The van der Waals surface area contributed by atoms with E-state index in [0.717, 1.165) is 0 Å². The highest BCUT2D eigenvalue weighted by Crippen LogP contribution is 2.33. The Kier molecular flexibility index (Phi) is 5.09. The van der Waals surface area contributed by atoms with E-state index in [9.17, 15) is 19.2 Å². The number of carbonyl (C=O) groups excluding carboxylic acids is 4. The largest absolute Gasteiger partial charge is 0.497 e. The third kappa shape index (κ3) is 3.21. The summed E-state index contributed by atoms with van der Waals surface area (Å²) >= 11 is 0. The van der Waals surface area contributed by atoms with Crippen LogP contribution in [0.5, 0.6) is 5.75 Å². The Bertz CT molecular complexity index is 1510. The third-order valence-electron chi connectivity index (χ3n) is 5.86. The quantitative estimate of drug-likeness (QED) is 0.294. The second-order valence-corrected chi connectivity index (χ2v) is 7.79. The summed E-state index contributed by atoms with van der Waals surface area (Å²) in [6.45, 7) is 1.88. The Morgan fingerprint density at radius 1 is 0.853 bits per heavy atom. The van der Waals surface area contributed by atoms with Crippen LogP contribution >= 0.6 is 0 Å². The number of hydrogen-bond acceptors (Lipinski definition) is 6. The minimum atomic E-state index is -0.562. The molecule has 0 spiro atoms. The number of pyridine rings is 1. The highest BCUT2D eigenvalue weighted by atomic mass is 16.5. The maximum atomic E-state index is 13.8. The zero-order valence-electron chi connectivity index (χ0n) is 18.5. The van der Waals surface area contributed by atoms with Gasteiger partial charge in [-0.25, -0.2) is 4.79 Å². The maximum absolute atomic E-state index is 13.8. The summed E-state index contributed by atoms with van der Waals surface area (Å²) in [5.74, 6) is -1.22. The van der Waals surface area contributed by atoms with Crippen LogP contribution in [-0.4, -0.2) is 41.4 Å². The van der Waals surface area contributed by atoms with Gasteiger partial charge in [0.2, 0.25) is 5.78 Å². The Morgan fingerprint density at radius 3 is 2.18 bits per heavy atom. The molecule has 2 heterocycles. The first-order chi connectivity index (χ1) is 16.4. The number of nitrogens with zero attached hydrogens (tertiary/aromatic N) is 1. The molecule has 0 atom stereocenters. The Balaban J connectivity index is 1.80. The molecule has 168 valence electrons. The minimum absolute atomic E-state index is 0.0149. The number of ether oxygens (including phenoxy) is 2. The van der Waals surface area contributed by atoms with E-state index in [2.05, 4.69) is 0 Å². The summed E-state index contributed by atoms with van der Waals surface area (Å²) in [7, 11) is 1.52. The predicted molar refractivity (Wildman–Crippen MR) is 123 cm³/mol. The van der Waals surface area contributed by atoms with E-state index in [0.29, 0.717) is 16.8 Å². The number of methoxy groups -OCH3 is 1. The van der Waals surface area contributed by atoms with Gasteiger partial charge in [0.25, 0.3) is 0 Å². The molecule has 7 nitrogen and oxygen atoms in total. The van der Waals surface area contributed by atoms with Crippen molar-refractivity contribution in [3.63, 3.8) is 0 Å². The number of rotatable bonds is 5. The van der Waals surface area contributed by atoms with Gasteiger partial charge < -0.3 is 13.9 Å². The van der Waals surface area contributed by atoms with Crippen LogP contribution in [0.3, 0.4) is 0 Å². The van der Waals surface area contributed by atoms with Crippen LogP contribution in [0.2, 0.25) is 0 Å². The monoisotopic (exact) mass is 453 g/mol. The second-order valence-electron chi connectivity index (χ2n) is 7.79. The molecular weight excluding hydrogens is 434 g/mol. The molecule has 0 amide bonds. The van der Waals surface area contributed by atoms with Crippen molar-refractivity contribution in [1.29, 1.82) is 0 Å². The molecule has 1 aliphatic carbocycles. The van der Waals surface area contributed by atoms with Crippen molar-refractivity contribution in [3.05, 3.63) is 106 Å². The van der Waals surface area contributed by atoms with Gasteiger partial charge in [0.15, 0.2) is 11.6 Å². The van der Waals surface area contributed by atoms with Crippen LogP contribution in [0.25, 0.3) is 5.52 Å². The summed E-state index contributed by atoms with van der Waals surface area (Å²) in [4.78, 5) is 53.1. The molecule has 0 bridgehead atoms. The fourth-order valence-electron chi connectivity index (χ4n) is 4.25. The molecule has 34 heavy (non-hydrogen) atoms. The molecule has 5 rings (SSSR count). The van der Waals surface area contributed by atoms with Crippen molar-refractivity contribution >= 4 is 28.8 Å². The molecule has 4 aromatic rings. The molecular formula is C27H19NO6. The van der Waals surface area contributed by atoms with E-state index in [-0.39, 0.29) is 45.9 Å². The Labute approximate surface area is 194 Å². The van der Waals surface area contributed by atoms with Gasteiger partial charge in [-0.15, -0.1) is 0 Å². The lowest BCUT2D eigenvalue weighted by Crippen LogP contribution is -2.26. The highest BCUT2D eigenvalue weighted by Gasteiger charge is 2.35. The lowest BCUT2D eigenvalue weighted by molar-refractivity contribution is 0.0526. The molecule has 0 N–H and O–H groups in total. The summed E-state index contributed by atoms with van der Waals surface area (Å²) in [6, 6.07) is 16.1. The maximum Gasteiger partial charge on any atom is 0.339 e. The van der Waals surface area contributed by atoms with Crippen LogP contribution in [-0.2, 0) is 4.74 Å². The van der Waals surface area contributed by atoms with Crippen molar-refractivity contribution in [1.82, 2.24) is 4.40 Å². The average molecular weight is 453 g/mol. The van der Waals surface area contributed by atoms with E-state index >= 15 is 0 Å². The minimum Gasteiger partial charge on any atom is -0.497 e. The van der Waals surface area contributed by atoms with Gasteiger partial charge >= 0.3 is 5.97 Å². The van der Waals surface area contributed by atoms with E-state index < -0.39 is 17.5 Å². The van der Waals surface area contributed by atoms with E-state index in [4.69, 9.17) is 9.47 Å². The predicted octanol–water partition coefficient (Wildman–Crippen LogP) is 4.13. The normalized spacial score (nSPS) is 12.3. The van der Waals surface area contributed by atoms with E-state index in [1.54, 1.807) is 67.6 Å². The molecule has 0 unspecified atom stereocenters. The number of aromatic nitrogens is 1. The summed E-state index contributed by atoms with van der Waals surface area (Å²) < 4.78 is 11.8. The Hall–Kier alpha value is -4.52. The number of fused-ring (bicyclic) bond motifs is 3. The van der Waals surface area contributed by atoms with Gasteiger partial charge in [-0.1, -0.05) is 24.3 Å². The first-order valence-corrected chi connectivity index (χ1v) is 10.7. The topological polar surface area (TPSA) is 91.2 Å². The van der Waals surface area contributed by atoms with Crippen molar-refractivity contribution in [2.45, 2.75) is 6.92 Å². The van der Waals surface area contributed by atoms with Crippen LogP contribution in [0.4, 0.5) is 0 Å². The number of benzene rings is 2. The van der Waals surface area contributed by atoms with Crippen molar-refractivity contribution in [2.75, 3.05) is 13.7 Å². The summed E-state index contributed by atoms with van der Waals surface area (Å²) in [6.07, 6.45) is 1.46. The van der Waals surface area contributed by atoms with Gasteiger partial charge in [-0.2, -0.15) is 0 Å². The van der Waals surface area contributed by atoms with Gasteiger partial charge in [0, 0.05) is 34.0 Å². The Morgan fingerprint density at radius 2 is 1.53 bits per heavy atom. The highest BCUT2D eigenvalue weighted by molar-refractivity contribution is 6.32. The molecule has 7 heteroatoms. The lowest BCUT2D eigenvalue weighted by atomic mass is 9.82.